The summed E-state index contributed by atoms with van der Waals surface area (Å²) in [6.07, 6.45) is -0.629. The SMILES string of the molecule is CCNC(=NCc1ccc(C)cc1OC)NCC(O)c1ccc(Cl)s1.I. The van der Waals surface area contributed by atoms with Gasteiger partial charge >= 0.3 is 0 Å². The summed E-state index contributed by atoms with van der Waals surface area (Å²) in [7, 11) is 1.66. The molecule has 2 rings (SSSR count). The summed E-state index contributed by atoms with van der Waals surface area (Å²) < 4.78 is 6.08. The van der Waals surface area contributed by atoms with Gasteiger partial charge in [-0.15, -0.1) is 35.3 Å². The second-order valence-corrected chi connectivity index (χ2v) is 7.30. The van der Waals surface area contributed by atoms with Crippen LogP contribution in [0.4, 0.5) is 0 Å². The van der Waals surface area contributed by atoms with Gasteiger partial charge in [-0.1, -0.05) is 23.7 Å². The Kier molecular flexibility index (Phi) is 10.3. The third-order valence-corrected chi connectivity index (χ3v) is 4.91. The van der Waals surface area contributed by atoms with Crippen LogP contribution in [0, 0.1) is 6.92 Å². The largest absolute Gasteiger partial charge is 0.496 e. The van der Waals surface area contributed by atoms with E-state index in [0.29, 0.717) is 23.4 Å². The van der Waals surface area contributed by atoms with Gasteiger partial charge in [0.15, 0.2) is 5.96 Å². The number of nitrogens with zero attached hydrogens (tertiary/aromatic N) is 1. The zero-order valence-electron chi connectivity index (χ0n) is 15.1. The zero-order valence-corrected chi connectivity index (χ0v) is 19.0. The molecular formula is C18H25ClIN3O2S. The van der Waals surface area contributed by atoms with Gasteiger partial charge in [0.05, 0.1) is 18.0 Å². The third-order valence-electron chi connectivity index (χ3n) is 3.58. The first-order chi connectivity index (χ1) is 12.0. The second kappa shape index (κ2) is 11.6. The Hall–Kier alpha value is -1.03. The highest BCUT2D eigenvalue weighted by Gasteiger charge is 2.11. The smallest absolute Gasteiger partial charge is 0.191 e. The van der Waals surface area contributed by atoms with Crippen LogP contribution in [0.15, 0.2) is 35.3 Å². The molecule has 0 saturated heterocycles. The number of nitrogens with one attached hydrogen (secondary N) is 2. The average Bonchev–Trinajstić information content (AvgIpc) is 3.04. The van der Waals surface area contributed by atoms with Crippen LogP contribution >= 0.6 is 46.9 Å². The van der Waals surface area contributed by atoms with E-state index in [1.807, 2.05) is 38.1 Å². The van der Waals surface area contributed by atoms with Gasteiger partial charge in [0.25, 0.3) is 0 Å². The first-order valence-corrected chi connectivity index (χ1v) is 9.32. The number of ether oxygens (including phenoxy) is 1. The minimum atomic E-state index is -0.629. The fourth-order valence-corrected chi connectivity index (χ4v) is 3.34. The van der Waals surface area contributed by atoms with Gasteiger partial charge in [-0.05, 0) is 37.6 Å². The van der Waals surface area contributed by atoms with Crippen molar-refractivity contribution in [3.05, 3.63) is 50.7 Å². The number of rotatable bonds is 7. The molecule has 3 N–H and O–H groups in total. The van der Waals surface area contributed by atoms with Gasteiger partial charge in [0, 0.05) is 23.5 Å². The van der Waals surface area contributed by atoms with Crippen LogP contribution in [-0.4, -0.2) is 31.3 Å². The normalized spacial score (nSPS) is 12.3. The molecule has 0 aliphatic rings. The quantitative estimate of drug-likeness (QED) is 0.298. The second-order valence-electron chi connectivity index (χ2n) is 5.55. The molecule has 0 saturated carbocycles. The Morgan fingerprint density at radius 2 is 2.08 bits per heavy atom. The van der Waals surface area contributed by atoms with Crippen molar-refractivity contribution in [2.75, 3.05) is 20.2 Å². The number of thiophene rings is 1. The van der Waals surface area contributed by atoms with Gasteiger partial charge in [-0.25, -0.2) is 4.99 Å². The molecule has 8 heteroatoms. The zero-order chi connectivity index (χ0) is 18.2. The molecular weight excluding hydrogens is 485 g/mol. The fraction of sp³-hybridized carbons (Fsp3) is 0.389. The molecule has 1 atom stereocenters. The minimum absolute atomic E-state index is 0. The molecule has 1 aromatic carbocycles. The molecule has 0 aliphatic carbocycles. The molecule has 0 radical (unpaired) electrons. The van der Waals surface area contributed by atoms with Gasteiger partial charge < -0.3 is 20.5 Å². The van der Waals surface area contributed by atoms with E-state index in [-0.39, 0.29) is 24.0 Å². The van der Waals surface area contributed by atoms with E-state index < -0.39 is 6.10 Å². The summed E-state index contributed by atoms with van der Waals surface area (Å²) in [5.74, 6) is 1.47. The summed E-state index contributed by atoms with van der Waals surface area (Å²) in [5.41, 5.74) is 2.16. The van der Waals surface area contributed by atoms with Crippen LogP contribution in [0.2, 0.25) is 4.34 Å². The van der Waals surface area contributed by atoms with E-state index in [9.17, 15) is 5.11 Å². The highest BCUT2D eigenvalue weighted by atomic mass is 127. The van der Waals surface area contributed by atoms with E-state index in [4.69, 9.17) is 16.3 Å². The molecule has 1 aromatic heterocycles. The van der Waals surface area contributed by atoms with Crippen molar-refractivity contribution >= 4 is 52.9 Å². The molecule has 5 nitrogen and oxygen atoms in total. The molecule has 26 heavy (non-hydrogen) atoms. The first kappa shape index (κ1) is 23.0. The number of guanidine groups is 1. The highest BCUT2D eigenvalue weighted by molar-refractivity contribution is 14.0. The lowest BCUT2D eigenvalue weighted by Crippen LogP contribution is -2.39. The number of aliphatic hydroxyl groups is 1. The summed E-state index contributed by atoms with van der Waals surface area (Å²) in [6, 6.07) is 9.67. The van der Waals surface area contributed by atoms with Crippen molar-refractivity contribution in [1.82, 2.24) is 10.6 Å². The maximum Gasteiger partial charge on any atom is 0.191 e. The Morgan fingerprint density at radius 3 is 2.69 bits per heavy atom. The maximum absolute atomic E-state index is 10.2. The lowest BCUT2D eigenvalue weighted by Gasteiger charge is -2.15. The van der Waals surface area contributed by atoms with Crippen molar-refractivity contribution in [1.29, 1.82) is 0 Å². The molecule has 144 valence electrons. The lowest BCUT2D eigenvalue weighted by molar-refractivity contribution is 0.184. The van der Waals surface area contributed by atoms with E-state index in [1.165, 1.54) is 11.3 Å². The summed E-state index contributed by atoms with van der Waals surface area (Å²) in [5, 5.41) is 16.6. The fourth-order valence-electron chi connectivity index (χ4n) is 2.29. The number of hydrogen-bond acceptors (Lipinski definition) is 4. The number of aliphatic hydroxyl groups excluding tert-OH is 1. The predicted molar refractivity (Wildman–Crippen MR) is 120 cm³/mol. The van der Waals surface area contributed by atoms with Gasteiger partial charge in [-0.2, -0.15) is 0 Å². The van der Waals surface area contributed by atoms with Crippen LogP contribution in [-0.2, 0) is 6.54 Å². The number of aliphatic imine (C=N–C) groups is 1. The Labute approximate surface area is 180 Å². The number of methoxy groups -OCH3 is 1. The third kappa shape index (κ3) is 6.94. The topological polar surface area (TPSA) is 65.9 Å². The van der Waals surface area contributed by atoms with Crippen LogP contribution in [0.25, 0.3) is 0 Å². The van der Waals surface area contributed by atoms with Crippen LogP contribution in [0.3, 0.4) is 0 Å². The Balaban J connectivity index is 0.00000338. The van der Waals surface area contributed by atoms with Crippen molar-refractivity contribution < 1.29 is 9.84 Å². The van der Waals surface area contributed by atoms with Crippen LogP contribution in [0.5, 0.6) is 5.75 Å². The Bertz CT molecular complexity index is 724. The molecule has 0 fully saturated rings. The Morgan fingerprint density at radius 1 is 1.31 bits per heavy atom. The molecule has 0 amide bonds. The molecule has 0 spiro atoms. The van der Waals surface area contributed by atoms with Gasteiger partial charge in [0.1, 0.15) is 11.9 Å². The number of benzene rings is 1. The van der Waals surface area contributed by atoms with Crippen molar-refractivity contribution in [3.63, 3.8) is 0 Å². The summed E-state index contributed by atoms with van der Waals surface area (Å²) >= 11 is 7.29. The molecule has 0 aliphatic heterocycles. The molecule has 2 aromatic rings. The number of halogens is 2. The highest BCUT2D eigenvalue weighted by Crippen LogP contribution is 2.26. The lowest BCUT2D eigenvalue weighted by atomic mass is 10.1. The summed E-state index contributed by atoms with van der Waals surface area (Å²) in [4.78, 5) is 5.40. The van der Waals surface area contributed by atoms with Crippen molar-refractivity contribution in [2.45, 2.75) is 26.5 Å². The molecule has 1 unspecified atom stereocenters. The van der Waals surface area contributed by atoms with Crippen molar-refractivity contribution in [2.24, 2.45) is 4.99 Å². The monoisotopic (exact) mass is 509 g/mol. The van der Waals surface area contributed by atoms with E-state index >= 15 is 0 Å². The van der Waals surface area contributed by atoms with E-state index in [0.717, 1.165) is 28.3 Å². The summed E-state index contributed by atoms with van der Waals surface area (Å²) in [6.45, 7) is 5.60. The maximum atomic E-state index is 10.2. The number of hydrogen-bond donors (Lipinski definition) is 3. The van der Waals surface area contributed by atoms with Crippen LogP contribution in [0.1, 0.15) is 29.0 Å². The minimum Gasteiger partial charge on any atom is -0.496 e. The number of aryl methyl sites for hydroxylation is 1. The van der Waals surface area contributed by atoms with Gasteiger partial charge in [-0.3, -0.25) is 0 Å². The average molecular weight is 510 g/mol. The molecule has 0 bridgehead atoms. The van der Waals surface area contributed by atoms with Gasteiger partial charge in [0.2, 0.25) is 0 Å². The van der Waals surface area contributed by atoms with Crippen LogP contribution < -0.4 is 15.4 Å². The standard InChI is InChI=1S/C18H24ClN3O2S.HI/c1-4-20-18(22-11-14(23)16-7-8-17(19)25-16)21-10-13-6-5-12(2)9-15(13)24-3;/h5-9,14,23H,4,10-11H2,1-3H3,(H2,20,21,22);1H. The van der Waals surface area contributed by atoms with E-state index in [1.54, 1.807) is 13.2 Å². The molecule has 1 heterocycles. The van der Waals surface area contributed by atoms with E-state index in [2.05, 4.69) is 15.6 Å². The van der Waals surface area contributed by atoms with Crippen molar-refractivity contribution in [3.8, 4) is 5.75 Å². The first-order valence-electron chi connectivity index (χ1n) is 8.12. The predicted octanol–water partition coefficient (Wildman–Crippen LogP) is 4.13.